The van der Waals surface area contributed by atoms with Gasteiger partial charge in [-0.3, -0.25) is 9.69 Å². The Bertz CT molecular complexity index is 611. The van der Waals surface area contributed by atoms with E-state index in [1.807, 2.05) is 0 Å². The van der Waals surface area contributed by atoms with E-state index in [2.05, 4.69) is 42.7 Å². The number of amides is 1. The van der Waals surface area contributed by atoms with E-state index in [0.717, 1.165) is 32.5 Å². The minimum Gasteiger partial charge on any atom is -0.352 e. The minimum atomic E-state index is -0.0122. The van der Waals surface area contributed by atoms with Gasteiger partial charge in [-0.15, -0.1) is 11.3 Å². The van der Waals surface area contributed by atoms with Gasteiger partial charge in [0.25, 0.3) is 0 Å². The smallest absolute Gasteiger partial charge is 0.226 e. The number of rotatable bonds is 5. The van der Waals surface area contributed by atoms with Crippen molar-refractivity contribution in [1.29, 1.82) is 0 Å². The van der Waals surface area contributed by atoms with Crippen LogP contribution in [0.2, 0.25) is 0 Å². The van der Waals surface area contributed by atoms with E-state index < -0.39 is 0 Å². The lowest BCUT2D eigenvalue weighted by Crippen LogP contribution is -2.47. The van der Waals surface area contributed by atoms with Gasteiger partial charge in [-0.25, -0.2) is 4.63 Å². The molecular weight excluding hydrogens is 300 g/mol. The minimum absolute atomic E-state index is 0.0122. The van der Waals surface area contributed by atoms with Crippen molar-refractivity contribution in [2.45, 2.75) is 38.8 Å². The first kappa shape index (κ1) is 15.2. The van der Waals surface area contributed by atoms with E-state index in [4.69, 9.17) is 0 Å². The number of aromatic nitrogens is 2. The first-order valence-electron chi connectivity index (χ1n) is 7.53. The standard InChI is InChI=1S/C15H20N4O2S/c1-11-14(18-21-17-11)8-15(20)16-12-4-2-6-19(9-12)10-13-5-3-7-22-13/h3,5,7,12H,2,4,6,8-10H2,1H3,(H,16,20). The number of carbonyl (C=O) groups excluding carboxylic acids is 1. The molecule has 118 valence electrons. The molecule has 1 saturated heterocycles. The Morgan fingerprint density at radius 2 is 2.45 bits per heavy atom. The summed E-state index contributed by atoms with van der Waals surface area (Å²) in [7, 11) is 0. The zero-order chi connectivity index (χ0) is 15.4. The van der Waals surface area contributed by atoms with Gasteiger partial charge < -0.3 is 5.32 Å². The Morgan fingerprint density at radius 1 is 1.55 bits per heavy atom. The maximum Gasteiger partial charge on any atom is 0.226 e. The second kappa shape index (κ2) is 7.02. The average molecular weight is 320 g/mol. The lowest BCUT2D eigenvalue weighted by Gasteiger charge is -2.32. The molecule has 0 saturated carbocycles. The van der Waals surface area contributed by atoms with Crippen molar-refractivity contribution in [3.8, 4) is 0 Å². The third-order valence-corrected chi connectivity index (χ3v) is 4.77. The quantitative estimate of drug-likeness (QED) is 0.909. The van der Waals surface area contributed by atoms with Crippen molar-refractivity contribution in [2.24, 2.45) is 0 Å². The highest BCUT2D eigenvalue weighted by Crippen LogP contribution is 2.17. The van der Waals surface area contributed by atoms with Crippen molar-refractivity contribution in [3.63, 3.8) is 0 Å². The van der Waals surface area contributed by atoms with Crippen LogP contribution in [0, 0.1) is 6.92 Å². The Hall–Kier alpha value is -1.73. The third-order valence-electron chi connectivity index (χ3n) is 3.90. The second-order valence-electron chi connectivity index (χ2n) is 5.69. The SMILES string of the molecule is Cc1nonc1CC(=O)NC1CCCN(Cc2cccs2)C1. The van der Waals surface area contributed by atoms with E-state index in [1.54, 1.807) is 18.3 Å². The van der Waals surface area contributed by atoms with Crippen molar-refractivity contribution >= 4 is 17.2 Å². The summed E-state index contributed by atoms with van der Waals surface area (Å²) in [6.45, 7) is 4.76. The highest BCUT2D eigenvalue weighted by Gasteiger charge is 2.22. The van der Waals surface area contributed by atoms with Crippen LogP contribution in [0.1, 0.15) is 29.1 Å². The van der Waals surface area contributed by atoms with Crippen LogP contribution >= 0.6 is 11.3 Å². The molecule has 1 unspecified atom stereocenters. The molecule has 1 aliphatic rings. The fraction of sp³-hybridized carbons (Fsp3) is 0.533. The molecule has 0 aliphatic carbocycles. The van der Waals surface area contributed by atoms with Gasteiger partial charge in [0.15, 0.2) is 0 Å². The molecule has 6 nitrogen and oxygen atoms in total. The number of aryl methyl sites for hydroxylation is 1. The number of hydrogen-bond donors (Lipinski definition) is 1. The van der Waals surface area contributed by atoms with Crippen LogP contribution < -0.4 is 5.32 Å². The number of hydrogen-bond acceptors (Lipinski definition) is 6. The lowest BCUT2D eigenvalue weighted by atomic mass is 10.1. The summed E-state index contributed by atoms with van der Waals surface area (Å²) in [4.78, 5) is 15.9. The summed E-state index contributed by atoms with van der Waals surface area (Å²) in [6.07, 6.45) is 2.38. The molecule has 1 amide bonds. The summed E-state index contributed by atoms with van der Waals surface area (Å²) < 4.78 is 4.62. The van der Waals surface area contributed by atoms with E-state index in [1.165, 1.54) is 4.88 Å². The number of carbonyl (C=O) groups is 1. The van der Waals surface area contributed by atoms with Crippen molar-refractivity contribution in [2.75, 3.05) is 13.1 Å². The highest BCUT2D eigenvalue weighted by atomic mass is 32.1. The molecule has 0 bridgehead atoms. The number of nitrogens with one attached hydrogen (secondary N) is 1. The fourth-order valence-electron chi connectivity index (χ4n) is 2.78. The zero-order valence-electron chi connectivity index (χ0n) is 12.6. The molecule has 2 aromatic rings. The van der Waals surface area contributed by atoms with Gasteiger partial charge in [-0.1, -0.05) is 16.4 Å². The Balaban J connectivity index is 1.49. The van der Waals surface area contributed by atoms with Gasteiger partial charge in [0.1, 0.15) is 11.4 Å². The summed E-state index contributed by atoms with van der Waals surface area (Å²) in [6, 6.07) is 4.45. The van der Waals surface area contributed by atoms with E-state index >= 15 is 0 Å². The Morgan fingerprint density at radius 3 is 3.18 bits per heavy atom. The molecule has 1 N–H and O–H groups in total. The molecule has 0 spiro atoms. The van der Waals surface area contributed by atoms with Crippen molar-refractivity contribution in [1.82, 2.24) is 20.5 Å². The molecule has 1 fully saturated rings. The van der Waals surface area contributed by atoms with Crippen molar-refractivity contribution in [3.05, 3.63) is 33.8 Å². The Kier molecular flexibility index (Phi) is 4.84. The highest BCUT2D eigenvalue weighted by molar-refractivity contribution is 7.09. The van der Waals surface area contributed by atoms with Gasteiger partial charge in [-0.05, 0) is 37.8 Å². The van der Waals surface area contributed by atoms with Crippen LogP contribution in [0.4, 0.5) is 0 Å². The van der Waals surface area contributed by atoms with Gasteiger partial charge in [0.2, 0.25) is 5.91 Å². The van der Waals surface area contributed by atoms with E-state index in [0.29, 0.717) is 11.4 Å². The molecule has 1 aliphatic heterocycles. The van der Waals surface area contributed by atoms with Crippen LogP contribution in [0.15, 0.2) is 22.1 Å². The summed E-state index contributed by atoms with van der Waals surface area (Å²) in [5.74, 6) is -0.0122. The van der Waals surface area contributed by atoms with Gasteiger partial charge >= 0.3 is 0 Å². The average Bonchev–Trinajstić information content (AvgIpc) is 3.12. The summed E-state index contributed by atoms with van der Waals surface area (Å²) >= 11 is 1.78. The molecular formula is C15H20N4O2S. The normalized spacial score (nSPS) is 19.2. The zero-order valence-corrected chi connectivity index (χ0v) is 13.4. The molecule has 22 heavy (non-hydrogen) atoms. The van der Waals surface area contributed by atoms with Crippen molar-refractivity contribution < 1.29 is 9.42 Å². The third kappa shape index (κ3) is 3.92. The predicted molar refractivity (Wildman–Crippen MR) is 83.5 cm³/mol. The topological polar surface area (TPSA) is 71.3 Å². The van der Waals surface area contributed by atoms with Crippen LogP contribution in [0.25, 0.3) is 0 Å². The summed E-state index contributed by atoms with van der Waals surface area (Å²) in [5.41, 5.74) is 1.29. The van der Waals surface area contributed by atoms with E-state index in [-0.39, 0.29) is 18.4 Å². The molecule has 2 aromatic heterocycles. The summed E-state index contributed by atoms with van der Waals surface area (Å²) in [5, 5.41) is 12.7. The first-order valence-corrected chi connectivity index (χ1v) is 8.41. The molecule has 3 rings (SSSR count). The number of thiophene rings is 1. The maximum atomic E-state index is 12.1. The molecule has 0 radical (unpaired) electrons. The largest absolute Gasteiger partial charge is 0.352 e. The molecule has 3 heterocycles. The van der Waals surface area contributed by atoms with Gasteiger partial charge in [0, 0.05) is 24.0 Å². The lowest BCUT2D eigenvalue weighted by molar-refractivity contribution is -0.121. The monoisotopic (exact) mass is 320 g/mol. The van der Waals surface area contributed by atoms with Gasteiger partial charge in [-0.2, -0.15) is 0 Å². The molecule has 1 atom stereocenters. The number of likely N-dealkylation sites (tertiary alicyclic amines) is 1. The van der Waals surface area contributed by atoms with Crippen LogP contribution in [-0.4, -0.2) is 40.3 Å². The predicted octanol–water partition coefficient (Wildman–Crippen LogP) is 1.76. The van der Waals surface area contributed by atoms with Crippen LogP contribution in [0.3, 0.4) is 0 Å². The first-order chi connectivity index (χ1) is 10.7. The molecule has 7 heteroatoms. The fourth-order valence-corrected chi connectivity index (χ4v) is 3.53. The maximum absolute atomic E-state index is 12.1. The number of nitrogens with zero attached hydrogens (tertiary/aromatic N) is 3. The van der Waals surface area contributed by atoms with E-state index in [9.17, 15) is 4.79 Å². The number of piperidine rings is 1. The molecule has 0 aromatic carbocycles. The Labute approximate surface area is 133 Å². The van der Waals surface area contributed by atoms with Crippen LogP contribution in [-0.2, 0) is 17.8 Å². The van der Waals surface area contributed by atoms with Gasteiger partial charge in [0.05, 0.1) is 6.42 Å². The van der Waals surface area contributed by atoms with Crippen LogP contribution in [0.5, 0.6) is 0 Å². The second-order valence-corrected chi connectivity index (χ2v) is 6.73.